The molecule has 1 heterocycles. The standard InChI is InChI=1S/C12H11NO2S/c1-13-5-4-9(7-12(13)15)8-2-3-11(16)10(14)6-8/h2-7,14,16H,1H3. The molecule has 1 aromatic carbocycles. The van der Waals surface area contributed by atoms with Crippen LogP contribution >= 0.6 is 12.6 Å². The van der Waals surface area contributed by atoms with E-state index >= 15 is 0 Å². The second-order valence-electron chi connectivity index (χ2n) is 3.57. The number of phenols is 1. The lowest BCUT2D eigenvalue weighted by Crippen LogP contribution is -2.13. The lowest BCUT2D eigenvalue weighted by atomic mass is 10.1. The van der Waals surface area contributed by atoms with Gasteiger partial charge in [-0.05, 0) is 29.3 Å². The van der Waals surface area contributed by atoms with Crippen LogP contribution in [0.4, 0.5) is 0 Å². The first kappa shape index (κ1) is 10.8. The summed E-state index contributed by atoms with van der Waals surface area (Å²) in [6, 6.07) is 8.47. The Labute approximate surface area is 98.4 Å². The molecule has 1 N–H and O–H groups in total. The molecule has 0 fully saturated rings. The average molecular weight is 233 g/mol. The molecular weight excluding hydrogens is 222 g/mol. The van der Waals surface area contributed by atoms with Crippen molar-refractivity contribution < 1.29 is 5.11 Å². The number of hydrogen-bond acceptors (Lipinski definition) is 3. The van der Waals surface area contributed by atoms with Gasteiger partial charge in [-0.2, -0.15) is 0 Å². The van der Waals surface area contributed by atoms with Crippen LogP contribution in [-0.4, -0.2) is 9.67 Å². The van der Waals surface area contributed by atoms with E-state index in [9.17, 15) is 9.90 Å². The fourth-order valence-corrected chi connectivity index (χ4v) is 1.57. The van der Waals surface area contributed by atoms with Gasteiger partial charge < -0.3 is 9.67 Å². The van der Waals surface area contributed by atoms with E-state index in [1.165, 1.54) is 10.6 Å². The van der Waals surface area contributed by atoms with Crippen LogP contribution in [0.25, 0.3) is 11.1 Å². The Morgan fingerprint density at radius 3 is 2.50 bits per heavy atom. The molecule has 0 aliphatic rings. The molecule has 0 aliphatic heterocycles. The van der Waals surface area contributed by atoms with Crippen molar-refractivity contribution in [2.24, 2.45) is 7.05 Å². The summed E-state index contributed by atoms with van der Waals surface area (Å²) in [5, 5.41) is 9.53. The van der Waals surface area contributed by atoms with Gasteiger partial charge in [0.05, 0.1) is 0 Å². The monoisotopic (exact) mass is 233 g/mol. The molecule has 16 heavy (non-hydrogen) atoms. The fraction of sp³-hybridized carbons (Fsp3) is 0.0833. The molecule has 0 radical (unpaired) electrons. The van der Waals surface area contributed by atoms with Gasteiger partial charge in [0.2, 0.25) is 0 Å². The lowest BCUT2D eigenvalue weighted by molar-refractivity contribution is 0.463. The fourth-order valence-electron chi connectivity index (χ4n) is 1.43. The third-order valence-corrected chi connectivity index (χ3v) is 2.79. The molecule has 3 nitrogen and oxygen atoms in total. The van der Waals surface area contributed by atoms with Crippen molar-refractivity contribution in [1.29, 1.82) is 0 Å². The van der Waals surface area contributed by atoms with Crippen molar-refractivity contribution in [2.45, 2.75) is 4.90 Å². The van der Waals surface area contributed by atoms with Gasteiger partial charge in [0.1, 0.15) is 5.75 Å². The molecule has 0 amide bonds. The maximum absolute atomic E-state index is 11.5. The van der Waals surface area contributed by atoms with Crippen LogP contribution in [-0.2, 0) is 7.05 Å². The van der Waals surface area contributed by atoms with Crippen LogP contribution in [0.3, 0.4) is 0 Å². The van der Waals surface area contributed by atoms with Crippen LogP contribution in [0.5, 0.6) is 5.75 Å². The molecule has 0 bridgehead atoms. The molecule has 2 rings (SSSR count). The summed E-state index contributed by atoms with van der Waals surface area (Å²) < 4.78 is 1.50. The minimum atomic E-state index is -0.0769. The van der Waals surface area contributed by atoms with Crippen molar-refractivity contribution in [3.63, 3.8) is 0 Å². The smallest absolute Gasteiger partial charge is 0.250 e. The number of pyridine rings is 1. The van der Waals surface area contributed by atoms with Gasteiger partial charge in [-0.25, -0.2) is 0 Å². The zero-order valence-electron chi connectivity index (χ0n) is 8.71. The number of thiol groups is 1. The van der Waals surface area contributed by atoms with Gasteiger partial charge in [-0.3, -0.25) is 4.79 Å². The Bertz CT molecular complexity index is 590. The van der Waals surface area contributed by atoms with Gasteiger partial charge in [0, 0.05) is 24.2 Å². The van der Waals surface area contributed by atoms with Gasteiger partial charge in [0.15, 0.2) is 0 Å². The number of phenolic OH excluding ortho intramolecular Hbond substituents is 1. The highest BCUT2D eigenvalue weighted by atomic mass is 32.1. The van der Waals surface area contributed by atoms with Crippen LogP contribution in [0, 0.1) is 0 Å². The molecule has 4 heteroatoms. The Kier molecular flexibility index (Phi) is 2.75. The molecule has 0 saturated carbocycles. The maximum Gasteiger partial charge on any atom is 0.250 e. The summed E-state index contributed by atoms with van der Waals surface area (Å²) in [6.45, 7) is 0. The molecule has 0 saturated heterocycles. The maximum atomic E-state index is 11.5. The van der Waals surface area contributed by atoms with E-state index in [4.69, 9.17) is 0 Å². The number of nitrogens with zero attached hydrogens (tertiary/aromatic N) is 1. The van der Waals surface area contributed by atoms with Crippen molar-refractivity contribution in [3.8, 4) is 16.9 Å². The Hall–Kier alpha value is -1.68. The molecule has 82 valence electrons. The number of aryl methyl sites for hydroxylation is 1. The summed E-state index contributed by atoms with van der Waals surface area (Å²) in [7, 11) is 1.69. The van der Waals surface area contributed by atoms with Crippen LogP contribution in [0.2, 0.25) is 0 Å². The number of aromatic hydroxyl groups is 1. The van der Waals surface area contributed by atoms with E-state index in [1.54, 1.807) is 25.4 Å². The van der Waals surface area contributed by atoms with Gasteiger partial charge in [0.25, 0.3) is 5.56 Å². The highest BCUT2D eigenvalue weighted by Crippen LogP contribution is 2.27. The number of benzene rings is 1. The van der Waals surface area contributed by atoms with E-state index in [0.29, 0.717) is 4.90 Å². The average Bonchev–Trinajstić information content (AvgIpc) is 2.26. The summed E-state index contributed by atoms with van der Waals surface area (Å²) >= 11 is 4.08. The molecule has 0 unspecified atom stereocenters. The molecular formula is C12H11NO2S. The summed E-state index contributed by atoms with van der Waals surface area (Å²) in [6.07, 6.45) is 1.70. The highest BCUT2D eigenvalue weighted by molar-refractivity contribution is 7.80. The normalized spacial score (nSPS) is 10.4. The highest BCUT2D eigenvalue weighted by Gasteiger charge is 2.02. The summed E-state index contributed by atoms with van der Waals surface area (Å²) in [5.41, 5.74) is 1.51. The van der Waals surface area contributed by atoms with E-state index in [1.807, 2.05) is 12.1 Å². The van der Waals surface area contributed by atoms with Crippen molar-refractivity contribution in [3.05, 3.63) is 46.9 Å². The van der Waals surface area contributed by atoms with Crippen molar-refractivity contribution >= 4 is 12.6 Å². The Balaban J connectivity index is 2.55. The minimum Gasteiger partial charge on any atom is -0.507 e. The predicted octanol–water partition coefficient (Wildman–Crippen LogP) is 2.05. The molecule has 2 aromatic rings. The largest absolute Gasteiger partial charge is 0.507 e. The third-order valence-electron chi connectivity index (χ3n) is 2.41. The minimum absolute atomic E-state index is 0.0769. The second-order valence-corrected chi connectivity index (χ2v) is 4.05. The Morgan fingerprint density at radius 2 is 1.88 bits per heavy atom. The van der Waals surface area contributed by atoms with Gasteiger partial charge >= 0.3 is 0 Å². The number of hydrogen-bond donors (Lipinski definition) is 2. The molecule has 0 aliphatic carbocycles. The van der Waals surface area contributed by atoms with Crippen LogP contribution in [0.1, 0.15) is 0 Å². The number of rotatable bonds is 1. The van der Waals surface area contributed by atoms with Crippen molar-refractivity contribution in [1.82, 2.24) is 4.57 Å². The first-order valence-corrected chi connectivity index (χ1v) is 5.21. The van der Waals surface area contributed by atoms with E-state index in [2.05, 4.69) is 12.6 Å². The van der Waals surface area contributed by atoms with Crippen LogP contribution < -0.4 is 5.56 Å². The van der Waals surface area contributed by atoms with Crippen molar-refractivity contribution in [2.75, 3.05) is 0 Å². The second kappa shape index (κ2) is 4.06. The topological polar surface area (TPSA) is 42.2 Å². The first-order valence-electron chi connectivity index (χ1n) is 4.77. The molecule has 0 spiro atoms. The predicted molar refractivity (Wildman–Crippen MR) is 66.0 cm³/mol. The first-order chi connectivity index (χ1) is 7.58. The summed E-state index contributed by atoms with van der Waals surface area (Å²) in [4.78, 5) is 12.0. The number of aromatic nitrogens is 1. The van der Waals surface area contributed by atoms with Crippen LogP contribution in [0.15, 0.2) is 46.2 Å². The third kappa shape index (κ3) is 1.97. The molecule has 0 atom stereocenters. The quantitative estimate of drug-likeness (QED) is 0.740. The van der Waals surface area contributed by atoms with Gasteiger partial charge in [-0.1, -0.05) is 6.07 Å². The zero-order chi connectivity index (χ0) is 11.7. The zero-order valence-corrected chi connectivity index (χ0v) is 9.61. The SMILES string of the molecule is Cn1ccc(-c2ccc(S)c(O)c2)cc1=O. The Morgan fingerprint density at radius 1 is 1.19 bits per heavy atom. The van der Waals surface area contributed by atoms with E-state index in [-0.39, 0.29) is 11.3 Å². The van der Waals surface area contributed by atoms with Gasteiger partial charge in [-0.15, -0.1) is 12.6 Å². The van der Waals surface area contributed by atoms with E-state index < -0.39 is 0 Å². The lowest BCUT2D eigenvalue weighted by Gasteiger charge is -2.04. The molecule has 1 aromatic heterocycles. The summed E-state index contributed by atoms with van der Waals surface area (Å²) in [5.74, 6) is 0.113. The van der Waals surface area contributed by atoms with E-state index in [0.717, 1.165) is 11.1 Å².